The summed E-state index contributed by atoms with van der Waals surface area (Å²) in [5, 5.41) is 11.5. The van der Waals surface area contributed by atoms with E-state index in [0.717, 1.165) is 22.6 Å². The van der Waals surface area contributed by atoms with Crippen molar-refractivity contribution >= 4 is 23.1 Å². The van der Waals surface area contributed by atoms with E-state index in [1.807, 2.05) is 11.8 Å². The van der Waals surface area contributed by atoms with Gasteiger partial charge in [-0.25, -0.2) is 0 Å². The second-order valence-corrected chi connectivity index (χ2v) is 6.01. The molecular weight excluding hydrogens is 226 g/mol. The van der Waals surface area contributed by atoms with Crippen LogP contribution in [0.25, 0.3) is 0 Å². The molecule has 2 rings (SSSR count). The second kappa shape index (κ2) is 5.82. The standard InChI is InChI=1S/C10H17N3S2/c1-2-5-11-9(8-3-4-8)6-14-10-13-12-7-15-10/h7-9,11H,2-6H2,1H3. The highest BCUT2D eigenvalue weighted by molar-refractivity contribution is 8.01. The lowest BCUT2D eigenvalue weighted by Gasteiger charge is -2.16. The highest BCUT2D eigenvalue weighted by Gasteiger charge is 2.30. The fourth-order valence-corrected chi connectivity index (χ4v) is 3.28. The van der Waals surface area contributed by atoms with Crippen molar-refractivity contribution in [1.29, 1.82) is 0 Å². The molecule has 15 heavy (non-hydrogen) atoms. The van der Waals surface area contributed by atoms with Crippen molar-refractivity contribution in [2.24, 2.45) is 5.92 Å². The Bertz CT molecular complexity index is 272. The van der Waals surface area contributed by atoms with Crippen LogP contribution in [0.1, 0.15) is 26.2 Å². The van der Waals surface area contributed by atoms with Gasteiger partial charge in [0.15, 0.2) is 4.34 Å². The number of nitrogens with zero attached hydrogens (tertiary/aromatic N) is 2. The molecule has 1 aromatic rings. The highest BCUT2D eigenvalue weighted by atomic mass is 32.2. The Morgan fingerprint density at radius 3 is 3.13 bits per heavy atom. The van der Waals surface area contributed by atoms with Gasteiger partial charge in [0.1, 0.15) is 5.51 Å². The molecule has 1 aliphatic rings. The van der Waals surface area contributed by atoms with Gasteiger partial charge in [-0.1, -0.05) is 30.0 Å². The first-order valence-corrected chi connectivity index (χ1v) is 7.39. The van der Waals surface area contributed by atoms with Crippen LogP contribution in [-0.4, -0.2) is 28.5 Å². The van der Waals surface area contributed by atoms with Gasteiger partial charge in [0.2, 0.25) is 0 Å². The van der Waals surface area contributed by atoms with Crippen LogP contribution in [-0.2, 0) is 0 Å². The summed E-state index contributed by atoms with van der Waals surface area (Å²) in [6, 6.07) is 0.679. The lowest BCUT2D eigenvalue weighted by molar-refractivity contribution is 0.503. The minimum Gasteiger partial charge on any atom is -0.313 e. The molecular formula is C10H17N3S2. The summed E-state index contributed by atoms with van der Waals surface area (Å²) >= 11 is 3.47. The van der Waals surface area contributed by atoms with Crippen LogP contribution in [0.4, 0.5) is 0 Å². The van der Waals surface area contributed by atoms with Crippen molar-refractivity contribution in [3.8, 4) is 0 Å². The predicted octanol–water partition coefficient (Wildman–Crippen LogP) is 2.41. The number of rotatable bonds is 7. The van der Waals surface area contributed by atoms with Crippen LogP contribution in [0.15, 0.2) is 9.85 Å². The summed E-state index contributed by atoms with van der Waals surface area (Å²) in [5.41, 5.74) is 1.80. The molecule has 1 heterocycles. The van der Waals surface area contributed by atoms with Gasteiger partial charge < -0.3 is 5.32 Å². The Labute approximate surface area is 99.1 Å². The first-order chi connectivity index (χ1) is 7.40. The summed E-state index contributed by atoms with van der Waals surface area (Å²) in [6.07, 6.45) is 4.02. The molecule has 1 aliphatic carbocycles. The minimum absolute atomic E-state index is 0.679. The lowest BCUT2D eigenvalue weighted by atomic mass is 10.2. The number of thioether (sulfide) groups is 1. The molecule has 1 N–H and O–H groups in total. The van der Waals surface area contributed by atoms with E-state index < -0.39 is 0 Å². The molecule has 1 fully saturated rings. The SMILES string of the molecule is CCCNC(CSc1nncs1)C1CC1. The van der Waals surface area contributed by atoms with Crippen LogP contribution >= 0.6 is 23.1 Å². The van der Waals surface area contributed by atoms with Gasteiger partial charge in [0.05, 0.1) is 0 Å². The molecule has 1 unspecified atom stereocenters. The van der Waals surface area contributed by atoms with E-state index >= 15 is 0 Å². The van der Waals surface area contributed by atoms with Crippen molar-refractivity contribution in [2.75, 3.05) is 12.3 Å². The van der Waals surface area contributed by atoms with Crippen LogP contribution in [0.3, 0.4) is 0 Å². The molecule has 0 aromatic carbocycles. The Morgan fingerprint density at radius 2 is 2.53 bits per heavy atom. The number of hydrogen-bond donors (Lipinski definition) is 1. The van der Waals surface area contributed by atoms with Crippen molar-refractivity contribution in [2.45, 2.75) is 36.6 Å². The molecule has 1 aromatic heterocycles. The average Bonchev–Trinajstić information content (AvgIpc) is 2.95. The third kappa shape index (κ3) is 3.74. The second-order valence-electron chi connectivity index (χ2n) is 3.91. The molecule has 0 radical (unpaired) electrons. The zero-order valence-corrected chi connectivity index (χ0v) is 10.6. The summed E-state index contributed by atoms with van der Waals surface area (Å²) in [7, 11) is 0. The van der Waals surface area contributed by atoms with Gasteiger partial charge in [-0.2, -0.15) is 0 Å². The fourth-order valence-electron chi connectivity index (χ4n) is 1.58. The quantitative estimate of drug-likeness (QED) is 0.746. The summed E-state index contributed by atoms with van der Waals surface area (Å²) in [5.74, 6) is 2.05. The molecule has 84 valence electrons. The van der Waals surface area contributed by atoms with Crippen molar-refractivity contribution in [1.82, 2.24) is 15.5 Å². The van der Waals surface area contributed by atoms with Crippen LogP contribution in [0.5, 0.6) is 0 Å². The zero-order chi connectivity index (χ0) is 10.5. The van der Waals surface area contributed by atoms with E-state index in [-0.39, 0.29) is 0 Å². The lowest BCUT2D eigenvalue weighted by Crippen LogP contribution is -2.33. The molecule has 3 nitrogen and oxygen atoms in total. The Balaban J connectivity index is 1.74. The smallest absolute Gasteiger partial charge is 0.174 e. The van der Waals surface area contributed by atoms with Gasteiger partial charge >= 0.3 is 0 Å². The van der Waals surface area contributed by atoms with E-state index in [1.54, 1.807) is 16.8 Å². The molecule has 0 spiro atoms. The third-order valence-corrected chi connectivity index (χ3v) is 4.55. The van der Waals surface area contributed by atoms with Crippen molar-refractivity contribution in [3.63, 3.8) is 0 Å². The van der Waals surface area contributed by atoms with Crippen molar-refractivity contribution < 1.29 is 0 Å². The van der Waals surface area contributed by atoms with E-state index in [0.29, 0.717) is 6.04 Å². The molecule has 5 heteroatoms. The first-order valence-electron chi connectivity index (χ1n) is 5.52. The number of hydrogen-bond acceptors (Lipinski definition) is 5. The average molecular weight is 243 g/mol. The van der Waals surface area contributed by atoms with Gasteiger partial charge in [-0.15, -0.1) is 10.2 Å². The molecule has 0 saturated heterocycles. The molecule has 0 bridgehead atoms. The fraction of sp³-hybridized carbons (Fsp3) is 0.800. The predicted molar refractivity (Wildman–Crippen MR) is 65.4 cm³/mol. The summed E-state index contributed by atoms with van der Waals surface area (Å²) in [4.78, 5) is 0. The van der Waals surface area contributed by atoms with E-state index in [2.05, 4.69) is 22.4 Å². The highest BCUT2D eigenvalue weighted by Crippen LogP contribution is 2.35. The van der Waals surface area contributed by atoms with Crippen LogP contribution < -0.4 is 5.32 Å². The largest absolute Gasteiger partial charge is 0.313 e. The topological polar surface area (TPSA) is 37.8 Å². The Kier molecular flexibility index (Phi) is 4.41. The van der Waals surface area contributed by atoms with E-state index in [4.69, 9.17) is 0 Å². The zero-order valence-electron chi connectivity index (χ0n) is 8.98. The van der Waals surface area contributed by atoms with Crippen LogP contribution in [0.2, 0.25) is 0 Å². The maximum Gasteiger partial charge on any atom is 0.174 e. The Morgan fingerprint density at radius 1 is 1.67 bits per heavy atom. The maximum absolute atomic E-state index is 4.05. The number of nitrogens with one attached hydrogen (secondary N) is 1. The summed E-state index contributed by atoms with van der Waals surface area (Å²) < 4.78 is 1.10. The maximum atomic E-state index is 4.05. The minimum atomic E-state index is 0.679. The van der Waals surface area contributed by atoms with Gasteiger partial charge in [-0.05, 0) is 31.7 Å². The summed E-state index contributed by atoms with van der Waals surface area (Å²) in [6.45, 7) is 3.35. The van der Waals surface area contributed by atoms with Crippen LogP contribution in [0, 0.1) is 5.92 Å². The molecule has 0 amide bonds. The van der Waals surface area contributed by atoms with E-state index in [1.165, 1.54) is 19.3 Å². The van der Waals surface area contributed by atoms with Gasteiger partial charge in [-0.3, -0.25) is 0 Å². The van der Waals surface area contributed by atoms with Gasteiger partial charge in [0.25, 0.3) is 0 Å². The molecule has 1 saturated carbocycles. The normalized spacial score (nSPS) is 17.9. The molecule has 1 atom stereocenters. The third-order valence-electron chi connectivity index (χ3n) is 2.57. The van der Waals surface area contributed by atoms with Gasteiger partial charge in [0, 0.05) is 11.8 Å². The van der Waals surface area contributed by atoms with E-state index in [9.17, 15) is 0 Å². The number of aromatic nitrogens is 2. The monoisotopic (exact) mass is 243 g/mol. The van der Waals surface area contributed by atoms with Crippen molar-refractivity contribution in [3.05, 3.63) is 5.51 Å². The Hall–Kier alpha value is -0.130. The first kappa shape index (κ1) is 11.4. The molecule has 0 aliphatic heterocycles.